The summed E-state index contributed by atoms with van der Waals surface area (Å²) in [7, 11) is 0. The molecule has 2 aliphatic heterocycles. The number of likely N-dealkylation sites (tertiary alicyclic amines) is 1. The first-order valence-corrected chi connectivity index (χ1v) is 7.64. The van der Waals surface area contributed by atoms with Gasteiger partial charge in [-0.3, -0.25) is 4.90 Å². The van der Waals surface area contributed by atoms with Gasteiger partial charge >= 0.3 is 0 Å². The molecule has 0 aliphatic carbocycles. The molecule has 1 N–H and O–H groups in total. The maximum atomic E-state index is 5.43. The van der Waals surface area contributed by atoms with Crippen LogP contribution in [0, 0.1) is 11.8 Å². The van der Waals surface area contributed by atoms with E-state index in [1.54, 1.807) is 0 Å². The summed E-state index contributed by atoms with van der Waals surface area (Å²) in [6.07, 6.45) is 0. The summed E-state index contributed by atoms with van der Waals surface area (Å²) in [4.78, 5) is 7.01. The Labute approximate surface area is 124 Å². The van der Waals surface area contributed by atoms with Gasteiger partial charge < -0.3 is 9.84 Å². The van der Waals surface area contributed by atoms with Crippen molar-refractivity contribution in [2.45, 2.75) is 19.5 Å². The van der Waals surface area contributed by atoms with Gasteiger partial charge in [0.25, 0.3) is 0 Å². The van der Waals surface area contributed by atoms with E-state index in [2.05, 4.69) is 27.3 Å². The lowest BCUT2D eigenvalue weighted by atomic mass is 9.95. The first kappa shape index (κ1) is 13.0. The Morgan fingerprint density at radius 3 is 2.95 bits per heavy atom. The number of fused-ring (bicyclic) bond motifs is 1. The van der Waals surface area contributed by atoms with Gasteiger partial charge in [0.15, 0.2) is 0 Å². The van der Waals surface area contributed by atoms with Gasteiger partial charge in [0.2, 0.25) is 11.7 Å². The molecule has 5 heteroatoms. The van der Waals surface area contributed by atoms with Crippen LogP contribution in [0.15, 0.2) is 34.9 Å². The van der Waals surface area contributed by atoms with Crippen molar-refractivity contribution >= 4 is 0 Å². The Balaban J connectivity index is 1.48. The van der Waals surface area contributed by atoms with Crippen LogP contribution in [0.25, 0.3) is 11.4 Å². The second-order valence-electron chi connectivity index (χ2n) is 6.13. The highest BCUT2D eigenvalue weighted by Crippen LogP contribution is 2.33. The van der Waals surface area contributed by atoms with Crippen molar-refractivity contribution < 1.29 is 4.52 Å². The van der Waals surface area contributed by atoms with Crippen molar-refractivity contribution in [3.63, 3.8) is 0 Å². The molecule has 5 nitrogen and oxygen atoms in total. The molecule has 2 saturated heterocycles. The minimum absolute atomic E-state index is 0.581. The van der Waals surface area contributed by atoms with E-state index >= 15 is 0 Å². The lowest BCUT2D eigenvalue weighted by Crippen LogP contribution is -2.32. The fourth-order valence-electron chi connectivity index (χ4n) is 3.66. The maximum Gasteiger partial charge on any atom is 0.241 e. The fourth-order valence-corrected chi connectivity index (χ4v) is 3.66. The number of hydrogen-bond acceptors (Lipinski definition) is 5. The average Bonchev–Trinajstić information content (AvgIpc) is 3.21. The number of nitrogens with one attached hydrogen (secondary N) is 1. The topological polar surface area (TPSA) is 54.2 Å². The zero-order chi connectivity index (χ0) is 14.2. The lowest BCUT2D eigenvalue weighted by molar-refractivity contribution is 0.201. The highest BCUT2D eigenvalue weighted by atomic mass is 16.5. The van der Waals surface area contributed by atoms with E-state index in [0.29, 0.717) is 17.8 Å². The number of hydrogen-bond donors (Lipinski definition) is 1. The molecule has 3 heterocycles. The van der Waals surface area contributed by atoms with Gasteiger partial charge in [-0.15, -0.1) is 0 Å². The van der Waals surface area contributed by atoms with Crippen molar-refractivity contribution in [1.29, 1.82) is 0 Å². The summed E-state index contributed by atoms with van der Waals surface area (Å²) < 4.78 is 5.43. The molecule has 0 spiro atoms. The Hall–Kier alpha value is -1.72. The number of aromatic nitrogens is 2. The van der Waals surface area contributed by atoms with E-state index in [1.165, 1.54) is 0 Å². The molecule has 21 heavy (non-hydrogen) atoms. The zero-order valence-electron chi connectivity index (χ0n) is 12.2. The van der Waals surface area contributed by atoms with E-state index < -0.39 is 0 Å². The van der Waals surface area contributed by atoms with Crippen LogP contribution in [-0.4, -0.2) is 40.7 Å². The molecule has 2 aromatic rings. The van der Waals surface area contributed by atoms with Gasteiger partial charge in [-0.05, 0) is 31.8 Å². The van der Waals surface area contributed by atoms with Gasteiger partial charge in [-0.25, -0.2) is 0 Å². The Morgan fingerprint density at radius 2 is 2.14 bits per heavy atom. The maximum absolute atomic E-state index is 5.43. The van der Waals surface area contributed by atoms with Crippen LogP contribution >= 0.6 is 0 Å². The molecular weight excluding hydrogens is 264 g/mol. The minimum atomic E-state index is 0.581. The van der Waals surface area contributed by atoms with Crippen LogP contribution in [0.3, 0.4) is 0 Å². The van der Waals surface area contributed by atoms with E-state index in [4.69, 9.17) is 4.52 Å². The molecule has 4 rings (SSSR count). The summed E-state index contributed by atoms with van der Waals surface area (Å²) >= 11 is 0. The van der Waals surface area contributed by atoms with Gasteiger partial charge in [0, 0.05) is 18.2 Å². The predicted octanol–water partition coefficient (Wildman–Crippen LogP) is 1.78. The predicted molar refractivity (Wildman–Crippen MR) is 79.5 cm³/mol. The summed E-state index contributed by atoms with van der Waals surface area (Å²) in [5.41, 5.74) is 1.00. The lowest BCUT2D eigenvalue weighted by Gasteiger charge is -2.22. The van der Waals surface area contributed by atoms with E-state index in [0.717, 1.165) is 43.6 Å². The summed E-state index contributed by atoms with van der Waals surface area (Å²) in [6, 6.07) is 10.6. The molecule has 110 valence electrons. The van der Waals surface area contributed by atoms with Crippen molar-refractivity contribution in [3.8, 4) is 11.4 Å². The third-order valence-corrected chi connectivity index (χ3v) is 4.90. The van der Waals surface area contributed by atoms with Crippen LogP contribution < -0.4 is 5.32 Å². The molecule has 1 aromatic carbocycles. The summed E-state index contributed by atoms with van der Waals surface area (Å²) in [6.45, 7) is 6.48. The largest absolute Gasteiger partial charge is 0.338 e. The SMILES string of the molecule is CC1C2CNCC2CN1Cc1nc(-c2ccccc2)no1. The fraction of sp³-hybridized carbons (Fsp3) is 0.500. The first-order chi connectivity index (χ1) is 10.3. The minimum Gasteiger partial charge on any atom is -0.338 e. The molecular formula is C16H20N4O. The molecule has 3 atom stereocenters. The molecule has 0 radical (unpaired) electrons. The van der Waals surface area contributed by atoms with Gasteiger partial charge in [-0.1, -0.05) is 35.5 Å². The summed E-state index contributed by atoms with van der Waals surface area (Å²) in [5.74, 6) is 2.94. The van der Waals surface area contributed by atoms with Crippen LogP contribution in [0.2, 0.25) is 0 Å². The van der Waals surface area contributed by atoms with Crippen LogP contribution in [-0.2, 0) is 6.54 Å². The molecule has 0 amide bonds. The van der Waals surface area contributed by atoms with Crippen molar-refractivity contribution in [2.75, 3.05) is 19.6 Å². The molecule has 1 aromatic heterocycles. The molecule has 2 aliphatic rings. The second-order valence-corrected chi connectivity index (χ2v) is 6.13. The normalized spacial score (nSPS) is 28.9. The van der Waals surface area contributed by atoms with Gasteiger partial charge in [-0.2, -0.15) is 4.98 Å². The highest BCUT2D eigenvalue weighted by molar-refractivity contribution is 5.53. The van der Waals surface area contributed by atoms with E-state index in [-0.39, 0.29) is 0 Å². The Bertz CT molecular complexity index is 612. The van der Waals surface area contributed by atoms with Crippen molar-refractivity contribution in [2.24, 2.45) is 11.8 Å². The second kappa shape index (κ2) is 5.24. The Morgan fingerprint density at radius 1 is 1.29 bits per heavy atom. The molecule has 2 fully saturated rings. The first-order valence-electron chi connectivity index (χ1n) is 7.64. The molecule has 0 saturated carbocycles. The van der Waals surface area contributed by atoms with Crippen molar-refractivity contribution in [3.05, 3.63) is 36.2 Å². The number of benzene rings is 1. The summed E-state index contributed by atoms with van der Waals surface area (Å²) in [5, 5.41) is 7.59. The third-order valence-electron chi connectivity index (χ3n) is 4.90. The zero-order valence-corrected chi connectivity index (χ0v) is 12.2. The van der Waals surface area contributed by atoms with E-state index in [1.807, 2.05) is 30.3 Å². The third kappa shape index (κ3) is 2.36. The smallest absolute Gasteiger partial charge is 0.241 e. The van der Waals surface area contributed by atoms with Crippen LogP contribution in [0.4, 0.5) is 0 Å². The molecule has 3 unspecified atom stereocenters. The number of rotatable bonds is 3. The highest BCUT2D eigenvalue weighted by Gasteiger charge is 2.42. The quantitative estimate of drug-likeness (QED) is 0.931. The van der Waals surface area contributed by atoms with Crippen LogP contribution in [0.5, 0.6) is 0 Å². The molecule has 0 bridgehead atoms. The van der Waals surface area contributed by atoms with Crippen LogP contribution in [0.1, 0.15) is 12.8 Å². The van der Waals surface area contributed by atoms with Gasteiger partial charge in [0.05, 0.1) is 6.54 Å². The number of nitrogens with zero attached hydrogens (tertiary/aromatic N) is 3. The average molecular weight is 284 g/mol. The standard InChI is InChI=1S/C16H20N4O/c1-11-14-8-17-7-13(14)9-20(11)10-15-18-16(19-21-15)12-5-3-2-4-6-12/h2-6,11,13-14,17H,7-10H2,1H3. The van der Waals surface area contributed by atoms with Crippen molar-refractivity contribution in [1.82, 2.24) is 20.4 Å². The van der Waals surface area contributed by atoms with E-state index in [9.17, 15) is 0 Å². The Kier molecular flexibility index (Phi) is 3.24. The van der Waals surface area contributed by atoms with Gasteiger partial charge in [0.1, 0.15) is 0 Å². The monoisotopic (exact) mass is 284 g/mol.